The van der Waals surface area contributed by atoms with Crippen LogP contribution in [0.25, 0.3) is 21.1 Å². The molecule has 7 heteroatoms. The summed E-state index contributed by atoms with van der Waals surface area (Å²) in [6.45, 7) is 2.63. The molecule has 0 fully saturated rings. The van der Waals surface area contributed by atoms with E-state index in [4.69, 9.17) is 4.74 Å². The van der Waals surface area contributed by atoms with E-state index in [-0.39, 0.29) is 5.82 Å². The lowest BCUT2D eigenvalue weighted by atomic mass is 10.2. The van der Waals surface area contributed by atoms with Crippen LogP contribution in [0.5, 0.6) is 0 Å². The zero-order valence-corrected chi connectivity index (χ0v) is 15.0. The summed E-state index contributed by atoms with van der Waals surface area (Å²) < 4.78 is 18.1. The van der Waals surface area contributed by atoms with Gasteiger partial charge in [-0.15, -0.1) is 33.3 Å². The number of methoxy groups -OCH3 is 1. The fourth-order valence-electron chi connectivity index (χ4n) is 2.10. The van der Waals surface area contributed by atoms with E-state index in [9.17, 15) is 4.39 Å². The van der Waals surface area contributed by atoms with Gasteiger partial charge in [-0.25, -0.2) is 9.37 Å². The average molecular weight is 361 g/mol. The molecule has 2 aromatic heterocycles. The van der Waals surface area contributed by atoms with Crippen molar-refractivity contribution in [3.63, 3.8) is 0 Å². The van der Waals surface area contributed by atoms with Gasteiger partial charge >= 0.3 is 0 Å². The van der Waals surface area contributed by atoms with Crippen LogP contribution in [0.4, 0.5) is 4.39 Å². The summed E-state index contributed by atoms with van der Waals surface area (Å²) in [5.74, 6) is 0.596. The fourth-order valence-corrected chi connectivity index (χ4v) is 3.86. The Bertz CT molecular complexity index is 804. The molecular formula is C17H16FN3OS2. The Labute approximate surface area is 148 Å². The minimum absolute atomic E-state index is 0.250. The van der Waals surface area contributed by atoms with Gasteiger partial charge in [-0.3, -0.25) is 0 Å². The summed E-state index contributed by atoms with van der Waals surface area (Å²) in [4.78, 5) is 5.56. The van der Waals surface area contributed by atoms with E-state index in [2.05, 4.69) is 15.2 Å². The Morgan fingerprint density at radius 2 is 1.92 bits per heavy atom. The first kappa shape index (κ1) is 17.0. The van der Waals surface area contributed by atoms with E-state index in [0.29, 0.717) is 6.61 Å². The predicted molar refractivity (Wildman–Crippen MR) is 95.9 cm³/mol. The lowest BCUT2D eigenvalue weighted by Gasteiger charge is -2.01. The van der Waals surface area contributed by atoms with Crippen molar-refractivity contribution < 1.29 is 9.13 Å². The summed E-state index contributed by atoms with van der Waals surface area (Å²) in [7, 11) is 1.68. The summed E-state index contributed by atoms with van der Waals surface area (Å²) in [5.41, 5.74) is 2.60. The maximum Gasteiger partial charge on any atom is 0.124 e. The van der Waals surface area contributed by atoms with Crippen molar-refractivity contribution in [3.05, 3.63) is 47.9 Å². The lowest BCUT2D eigenvalue weighted by molar-refractivity contribution is 0.218. The number of aromatic nitrogens is 3. The number of aryl methyl sites for hydroxylation is 1. The van der Waals surface area contributed by atoms with Crippen LogP contribution in [0.1, 0.15) is 5.69 Å². The van der Waals surface area contributed by atoms with Crippen molar-refractivity contribution in [3.8, 4) is 21.1 Å². The number of rotatable bonds is 6. The molecule has 124 valence electrons. The molecular weight excluding hydrogens is 345 g/mol. The molecule has 3 rings (SSSR count). The van der Waals surface area contributed by atoms with Crippen molar-refractivity contribution in [1.82, 2.24) is 15.2 Å². The molecule has 0 saturated heterocycles. The zero-order valence-electron chi connectivity index (χ0n) is 13.3. The molecule has 0 radical (unpaired) electrons. The minimum Gasteiger partial charge on any atom is -0.384 e. The number of halogens is 1. The molecule has 0 bridgehead atoms. The number of hydrogen-bond donors (Lipinski definition) is 0. The second-order valence-electron chi connectivity index (χ2n) is 5.04. The molecule has 4 nitrogen and oxygen atoms in total. The van der Waals surface area contributed by atoms with Crippen LogP contribution in [-0.4, -0.2) is 34.7 Å². The number of thioether (sulfide) groups is 1. The Morgan fingerprint density at radius 3 is 2.58 bits per heavy atom. The molecule has 0 aliphatic carbocycles. The van der Waals surface area contributed by atoms with Gasteiger partial charge < -0.3 is 4.74 Å². The van der Waals surface area contributed by atoms with Crippen LogP contribution in [0.2, 0.25) is 0 Å². The first-order chi connectivity index (χ1) is 11.7. The van der Waals surface area contributed by atoms with Crippen molar-refractivity contribution in [2.75, 3.05) is 19.5 Å². The van der Waals surface area contributed by atoms with Crippen LogP contribution in [0.15, 0.2) is 41.4 Å². The molecule has 0 spiro atoms. The monoisotopic (exact) mass is 361 g/mol. The topological polar surface area (TPSA) is 47.9 Å². The Morgan fingerprint density at radius 1 is 1.12 bits per heavy atom. The normalized spacial score (nSPS) is 11.0. The molecule has 24 heavy (non-hydrogen) atoms. The van der Waals surface area contributed by atoms with Gasteiger partial charge in [0.1, 0.15) is 21.5 Å². The molecule has 3 aromatic rings. The van der Waals surface area contributed by atoms with Crippen LogP contribution in [-0.2, 0) is 4.74 Å². The molecule has 0 atom stereocenters. The maximum atomic E-state index is 13.1. The summed E-state index contributed by atoms with van der Waals surface area (Å²) in [5, 5.41) is 10.3. The Kier molecular flexibility index (Phi) is 5.55. The van der Waals surface area contributed by atoms with Crippen molar-refractivity contribution in [2.45, 2.75) is 11.9 Å². The molecule has 0 unspecified atom stereocenters. The third-order valence-corrected chi connectivity index (χ3v) is 5.41. The van der Waals surface area contributed by atoms with Crippen LogP contribution in [0.3, 0.4) is 0 Å². The molecule has 0 amide bonds. The number of nitrogens with zero attached hydrogens (tertiary/aromatic N) is 3. The first-order valence-electron chi connectivity index (χ1n) is 7.36. The van der Waals surface area contributed by atoms with Crippen LogP contribution < -0.4 is 0 Å². The smallest absolute Gasteiger partial charge is 0.124 e. The Hall–Kier alpha value is -1.83. The highest BCUT2D eigenvalue weighted by molar-refractivity contribution is 7.99. The van der Waals surface area contributed by atoms with E-state index < -0.39 is 0 Å². The molecule has 0 saturated carbocycles. The number of benzene rings is 1. The van der Waals surface area contributed by atoms with Gasteiger partial charge in [-0.05, 0) is 43.3 Å². The van der Waals surface area contributed by atoms with Crippen molar-refractivity contribution in [1.29, 1.82) is 0 Å². The highest BCUT2D eigenvalue weighted by atomic mass is 32.2. The molecule has 1 aromatic carbocycles. The maximum absolute atomic E-state index is 13.1. The van der Waals surface area contributed by atoms with E-state index in [1.165, 1.54) is 23.5 Å². The standard InChI is InChI=1S/C17H16FN3OS2/c1-11-16(14-7-8-15(21-20-14)23-10-9-22-2)24-17(19-11)12-3-5-13(18)6-4-12/h3-8H,9-10H2,1-2H3. The van der Waals surface area contributed by atoms with Gasteiger partial charge in [0, 0.05) is 18.4 Å². The molecule has 2 heterocycles. The van der Waals surface area contributed by atoms with E-state index in [1.807, 2.05) is 19.1 Å². The fraction of sp³-hybridized carbons (Fsp3) is 0.235. The van der Waals surface area contributed by atoms with Gasteiger partial charge in [0.2, 0.25) is 0 Å². The zero-order chi connectivity index (χ0) is 16.9. The minimum atomic E-state index is -0.250. The van der Waals surface area contributed by atoms with Crippen LogP contribution in [0, 0.1) is 12.7 Å². The second-order valence-corrected chi connectivity index (χ2v) is 7.15. The van der Waals surface area contributed by atoms with Crippen molar-refractivity contribution in [2.24, 2.45) is 0 Å². The van der Waals surface area contributed by atoms with E-state index in [1.54, 1.807) is 31.0 Å². The third kappa shape index (κ3) is 3.98. The first-order valence-corrected chi connectivity index (χ1v) is 9.17. The summed E-state index contributed by atoms with van der Waals surface area (Å²) in [6.07, 6.45) is 0. The summed E-state index contributed by atoms with van der Waals surface area (Å²) in [6, 6.07) is 10.3. The van der Waals surface area contributed by atoms with Gasteiger partial charge in [-0.2, -0.15) is 0 Å². The lowest BCUT2D eigenvalue weighted by Crippen LogP contribution is -1.94. The van der Waals surface area contributed by atoms with Crippen molar-refractivity contribution >= 4 is 23.1 Å². The third-order valence-electron chi connectivity index (χ3n) is 3.30. The number of ether oxygens (including phenoxy) is 1. The molecule has 0 N–H and O–H groups in total. The molecule has 0 aliphatic rings. The highest BCUT2D eigenvalue weighted by Gasteiger charge is 2.13. The quantitative estimate of drug-likeness (QED) is 0.479. The van der Waals surface area contributed by atoms with Gasteiger partial charge in [-0.1, -0.05) is 0 Å². The SMILES string of the molecule is COCCSc1ccc(-c2sc(-c3ccc(F)cc3)nc2C)nn1. The largest absolute Gasteiger partial charge is 0.384 e. The van der Waals surface area contributed by atoms with Gasteiger partial charge in [0.15, 0.2) is 0 Å². The van der Waals surface area contributed by atoms with Crippen LogP contribution >= 0.6 is 23.1 Å². The van der Waals surface area contributed by atoms with E-state index in [0.717, 1.165) is 37.6 Å². The van der Waals surface area contributed by atoms with Gasteiger partial charge in [0.05, 0.1) is 17.2 Å². The predicted octanol–water partition coefficient (Wildman–Crippen LogP) is 4.45. The van der Waals surface area contributed by atoms with Gasteiger partial charge in [0.25, 0.3) is 0 Å². The number of thiazole rings is 1. The summed E-state index contributed by atoms with van der Waals surface area (Å²) >= 11 is 3.15. The highest BCUT2D eigenvalue weighted by Crippen LogP contribution is 2.34. The van der Waals surface area contributed by atoms with E-state index >= 15 is 0 Å². The molecule has 0 aliphatic heterocycles. The Balaban J connectivity index is 1.81. The second kappa shape index (κ2) is 7.83. The number of hydrogen-bond acceptors (Lipinski definition) is 6. The average Bonchev–Trinajstić information content (AvgIpc) is 2.98.